The van der Waals surface area contributed by atoms with Crippen LogP contribution < -0.4 is 5.32 Å². The minimum Gasteiger partial charge on any atom is -0.316 e. The maximum Gasteiger partial charge on any atom is 0.203 e. The van der Waals surface area contributed by atoms with Crippen molar-refractivity contribution in [2.75, 3.05) is 6.54 Å². The van der Waals surface area contributed by atoms with Gasteiger partial charge in [-0.1, -0.05) is 11.6 Å². The normalized spacial score (nSPS) is 24.7. The Morgan fingerprint density at radius 3 is 3.19 bits per heavy atom. The van der Waals surface area contributed by atoms with E-state index in [1.165, 1.54) is 11.9 Å². The first-order chi connectivity index (χ1) is 7.66. The van der Waals surface area contributed by atoms with Crippen molar-refractivity contribution in [1.29, 1.82) is 0 Å². The van der Waals surface area contributed by atoms with Gasteiger partial charge in [-0.15, -0.1) is 0 Å². The SMILES string of the molecule is CC(C)=CCN=C1N=C(Cl)NC2=NC=NC12. The highest BCUT2D eigenvalue weighted by Gasteiger charge is 2.28. The van der Waals surface area contributed by atoms with Gasteiger partial charge in [0.15, 0.2) is 11.9 Å². The molecule has 2 heterocycles. The molecule has 0 fully saturated rings. The number of rotatable bonds is 2. The first-order valence-electron chi connectivity index (χ1n) is 4.95. The summed E-state index contributed by atoms with van der Waals surface area (Å²) < 4.78 is 0. The van der Waals surface area contributed by atoms with Crippen LogP contribution in [0, 0.1) is 0 Å². The predicted molar refractivity (Wildman–Crippen MR) is 67.9 cm³/mol. The topological polar surface area (TPSA) is 61.5 Å². The summed E-state index contributed by atoms with van der Waals surface area (Å²) in [4.78, 5) is 16.7. The molecule has 0 radical (unpaired) electrons. The Morgan fingerprint density at radius 2 is 2.44 bits per heavy atom. The lowest BCUT2D eigenvalue weighted by atomic mass is 10.2. The van der Waals surface area contributed by atoms with Crippen LogP contribution >= 0.6 is 11.6 Å². The van der Waals surface area contributed by atoms with E-state index in [0.717, 1.165) is 0 Å². The molecular weight excluding hydrogens is 226 g/mol. The molecule has 0 bridgehead atoms. The molecule has 0 amide bonds. The predicted octanol–water partition coefficient (Wildman–Crippen LogP) is 1.36. The summed E-state index contributed by atoms with van der Waals surface area (Å²) in [7, 11) is 0. The van der Waals surface area contributed by atoms with E-state index in [9.17, 15) is 0 Å². The lowest BCUT2D eigenvalue weighted by Gasteiger charge is -2.17. The molecule has 5 nitrogen and oxygen atoms in total. The lowest BCUT2D eigenvalue weighted by Crippen LogP contribution is -2.43. The molecule has 1 N–H and O–H groups in total. The molecule has 1 unspecified atom stereocenters. The minimum atomic E-state index is -0.215. The average Bonchev–Trinajstić information content (AvgIpc) is 2.64. The van der Waals surface area contributed by atoms with Crippen LogP contribution in [-0.4, -0.2) is 35.9 Å². The van der Waals surface area contributed by atoms with E-state index >= 15 is 0 Å². The summed E-state index contributed by atoms with van der Waals surface area (Å²) in [6, 6.07) is -0.215. The van der Waals surface area contributed by atoms with Gasteiger partial charge in [-0.25, -0.2) is 9.98 Å². The summed E-state index contributed by atoms with van der Waals surface area (Å²) in [6.07, 6.45) is 3.52. The quantitative estimate of drug-likeness (QED) is 0.572. The number of amidine groups is 3. The molecule has 0 aromatic heterocycles. The Bertz CT molecular complexity index is 440. The fraction of sp³-hybridized carbons (Fsp3) is 0.400. The zero-order valence-electron chi connectivity index (χ0n) is 9.11. The van der Waals surface area contributed by atoms with Gasteiger partial charge in [0.2, 0.25) is 5.29 Å². The zero-order valence-corrected chi connectivity index (χ0v) is 9.86. The van der Waals surface area contributed by atoms with Gasteiger partial charge in [0.25, 0.3) is 0 Å². The van der Waals surface area contributed by atoms with E-state index in [1.54, 1.807) is 0 Å². The third kappa shape index (κ3) is 2.36. The van der Waals surface area contributed by atoms with Gasteiger partial charge in [-0.05, 0) is 25.4 Å². The standard InChI is InChI=1S/C10H12ClN5/c1-6(2)3-4-12-8-7-9(14-5-13-7)16-10(11)15-8/h3,5,7H,4H2,1-2H3,(H,12,13,14,15,16). The highest BCUT2D eigenvalue weighted by atomic mass is 35.5. The van der Waals surface area contributed by atoms with Crippen LogP contribution in [0.1, 0.15) is 13.8 Å². The Kier molecular flexibility index (Phi) is 3.14. The van der Waals surface area contributed by atoms with Crippen molar-refractivity contribution < 1.29 is 0 Å². The summed E-state index contributed by atoms with van der Waals surface area (Å²) in [5.41, 5.74) is 1.22. The maximum absolute atomic E-state index is 5.83. The van der Waals surface area contributed by atoms with Crippen molar-refractivity contribution >= 4 is 34.9 Å². The fourth-order valence-corrected chi connectivity index (χ4v) is 1.52. The van der Waals surface area contributed by atoms with E-state index in [0.29, 0.717) is 18.2 Å². The van der Waals surface area contributed by atoms with Crippen molar-refractivity contribution in [3.05, 3.63) is 11.6 Å². The summed E-state index contributed by atoms with van der Waals surface area (Å²) in [5.74, 6) is 1.30. The third-order valence-electron chi connectivity index (χ3n) is 2.11. The second-order valence-electron chi connectivity index (χ2n) is 3.69. The molecule has 0 aromatic carbocycles. The largest absolute Gasteiger partial charge is 0.316 e. The van der Waals surface area contributed by atoms with Crippen LogP contribution in [0.25, 0.3) is 0 Å². The average molecular weight is 238 g/mol. The van der Waals surface area contributed by atoms with E-state index in [1.807, 2.05) is 19.9 Å². The van der Waals surface area contributed by atoms with Gasteiger partial charge in [-0.2, -0.15) is 0 Å². The van der Waals surface area contributed by atoms with Crippen molar-refractivity contribution in [3.63, 3.8) is 0 Å². The molecule has 0 spiro atoms. The number of aliphatic imine (C=N–C) groups is 4. The number of hydrogen-bond acceptors (Lipinski definition) is 4. The molecule has 2 aliphatic heterocycles. The van der Waals surface area contributed by atoms with E-state index in [2.05, 4.69) is 25.3 Å². The number of halogens is 1. The van der Waals surface area contributed by atoms with Gasteiger partial charge in [0.05, 0.1) is 6.54 Å². The van der Waals surface area contributed by atoms with E-state index < -0.39 is 0 Å². The Hall–Kier alpha value is -1.49. The second kappa shape index (κ2) is 4.57. The molecule has 0 aliphatic carbocycles. The number of fused-ring (bicyclic) bond motifs is 1. The number of hydrogen-bond donors (Lipinski definition) is 1. The molecule has 1 atom stereocenters. The highest BCUT2D eigenvalue weighted by Crippen LogP contribution is 2.10. The molecule has 2 rings (SSSR count). The van der Waals surface area contributed by atoms with Gasteiger partial charge in [0.1, 0.15) is 12.2 Å². The van der Waals surface area contributed by atoms with Gasteiger partial charge < -0.3 is 5.32 Å². The second-order valence-corrected chi connectivity index (χ2v) is 4.05. The van der Waals surface area contributed by atoms with Crippen molar-refractivity contribution in [3.8, 4) is 0 Å². The third-order valence-corrected chi connectivity index (χ3v) is 2.29. The van der Waals surface area contributed by atoms with E-state index in [4.69, 9.17) is 11.6 Å². The lowest BCUT2D eigenvalue weighted by molar-refractivity contribution is 1.05. The van der Waals surface area contributed by atoms with Crippen LogP contribution in [-0.2, 0) is 0 Å². The van der Waals surface area contributed by atoms with Crippen molar-refractivity contribution in [1.82, 2.24) is 5.32 Å². The molecule has 2 aliphatic rings. The first kappa shape index (κ1) is 11.0. The molecule has 6 heteroatoms. The minimum absolute atomic E-state index is 0.215. The highest BCUT2D eigenvalue weighted by molar-refractivity contribution is 6.67. The van der Waals surface area contributed by atoms with Gasteiger partial charge in [0, 0.05) is 0 Å². The van der Waals surface area contributed by atoms with Crippen LogP contribution in [0.3, 0.4) is 0 Å². The molecule has 84 valence electrons. The summed E-state index contributed by atoms with van der Waals surface area (Å²) >= 11 is 5.83. The Balaban J connectivity index is 2.19. The van der Waals surface area contributed by atoms with Crippen LogP contribution in [0.5, 0.6) is 0 Å². The van der Waals surface area contributed by atoms with E-state index in [-0.39, 0.29) is 11.3 Å². The molecule has 0 saturated carbocycles. The number of allylic oxidation sites excluding steroid dienone is 1. The van der Waals surface area contributed by atoms with Crippen molar-refractivity contribution in [2.45, 2.75) is 19.9 Å². The van der Waals surface area contributed by atoms with Gasteiger partial charge >= 0.3 is 0 Å². The number of nitrogens with zero attached hydrogens (tertiary/aromatic N) is 4. The summed E-state index contributed by atoms with van der Waals surface area (Å²) in [6.45, 7) is 4.64. The Morgan fingerprint density at radius 1 is 1.62 bits per heavy atom. The monoisotopic (exact) mass is 237 g/mol. The van der Waals surface area contributed by atoms with Crippen LogP contribution in [0.4, 0.5) is 0 Å². The first-order valence-corrected chi connectivity index (χ1v) is 5.33. The zero-order chi connectivity index (χ0) is 11.5. The molecular formula is C10H12ClN5. The van der Waals surface area contributed by atoms with Gasteiger partial charge in [-0.3, -0.25) is 9.98 Å². The maximum atomic E-state index is 5.83. The fourth-order valence-electron chi connectivity index (χ4n) is 1.33. The Labute approximate surface area is 98.8 Å². The van der Waals surface area contributed by atoms with Crippen LogP contribution in [0.15, 0.2) is 31.6 Å². The smallest absolute Gasteiger partial charge is 0.203 e. The van der Waals surface area contributed by atoms with Crippen LogP contribution in [0.2, 0.25) is 0 Å². The molecule has 16 heavy (non-hydrogen) atoms. The van der Waals surface area contributed by atoms with Crippen molar-refractivity contribution in [2.24, 2.45) is 20.0 Å². The number of nitrogens with one attached hydrogen (secondary N) is 1. The molecule has 0 aromatic rings. The summed E-state index contributed by atoms with van der Waals surface area (Å²) in [5, 5.41) is 3.14. The molecule has 0 saturated heterocycles.